The van der Waals surface area contributed by atoms with E-state index in [0.29, 0.717) is 13.0 Å². The molecule has 0 aromatic heterocycles. The fourth-order valence-corrected chi connectivity index (χ4v) is 1.57. The molecule has 4 heteroatoms. The van der Waals surface area contributed by atoms with Gasteiger partial charge in [-0.05, 0) is 26.2 Å². The molecule has 0 aromatic carbocycles. The van der Waals surface area contributed by atoms with Crippen LogP contribution in [0.2, 0.25) is 0 Å². The molecule has 0 amide bonds. The third-order valence-electron chi connectivity index (χ3n) is 2.25. The molecule has 0 radical (unpaired) electrons. The summed E-state index contributed by atoms with van der Waals surface area (Å²) >= 11 is 0. The van der Waals surface area contributed by atoms with Gasteiger partial charge in [0, 0.05) is 6.04 Å². The summed E-state index contributed by atoms with van der Waals surface area (Å²) in [6.07, 6.45) is 1.54. The van der Waals surface area contributed by atoms with Crippen molar-refractivity contribution in [3.8, 4) is 0 Å². The van der Waals surface area contributed by atoms with Gasteiger partial charge in [-0.2, -0.15) is 0 Å². The van der Waals surface area contributed by atoms with Crippen molar-refractivity contribution < 1.29 is 13.9 Å². The Morgan fingerprint density at radius 1 is 1.62 bits per heavy atom. The van der Waals surface area contributed by atoms with Crippen molar-refractivity contribution in [1.29, 1.82) is 0 Å². The molecule has 76 valence electrons. The first kappa shape index (κ1) is 10.4. The monoisotopic (exact) mass is 189 g/mol. The molecular weight excluding hydrogens is 173 g/mol. The van der Waals surface area contributed by atoms with Gasteiger partial charge in [0.25, 0.3) is 0 Å². The minimum absolute atomic E-state index is 0.124. The SMILES string of the molecule is CCOC(=O)CN[C@@H]1CCC[C@H]1F. The van der Waals surface area contributed by atoms with Crippen LogP contribution in [0, 0.1) is 0 Å². The summed E-state index contributed by atoms with van der Waals surface area (Å²) < 4.78 is 17.7. The smallest absolute Gasteiger partial charge is 0.319 e. The van der Waals surface area contributed by atoms with Crippen molar-refractivity contribution in [3.05, 3.63) is 0 Å². The van der Waals surface area contributed by atoms with Crippen molar-refractivity contribution in [1.82, 2.24) is 5.32 Å². The molecule has 1 saturated carbocycles. The van der Waals surface area contributed by atoms with E-state index in [2.05, 4.69) is 5.32 Å². The van der Waals surface area contributed by atoms with E-state index < -0.39 is 6.17 Å². The van der Waals surface area contributed by atoms with Crippen molar-refractivity contribution >= 4 is 5.97 Å². The number of carbonyl (C=O) groups is 1. The summed E-state index contributed by atoms with van der Waals surface area (Å²) in [6, 6.07) is -0.149. The molecule has 2 atom stereocenters. The van der Waals surface area contributed by atoms with E-state index in [1.54, 1.807) is 6.92 Å². The fourth-order valence-electron chi connectivity index (χ4n) is 1.57. The lowest BCUT2D eigenvalue weighted by Gasteiger charge is -2.13. The minimum Gasteiger partial charge on any atom is -0.465 e. The Morgan fingerprint density at radius 3 is 2.92 bits per heavy atom. The zero-order valence-electron chi connectivity index (χ0n) is 7.88. The maximum atomic E-state index is 13.0. The van der Waals surface area contributed by atoms with Crippen LogP contribution in [-0.2, 0) is 9.53 Å². The molecular formula is C9H16FNO2. The minimum atomic E-state index is -0.797. The first-order valence-corrected chi connectivity index (χ1v) is 4.77. The van der Waals surface area contributed by atoms with Crippen LogP contribution in [0.25, 0.3) is 0 Å². The van der Waals surface area contributed by atoms with Crippen molar-refractivity contribution in [2.45, 2.75) is 38.4 Å². The van der Waals surface area contributed by atoms with Crippen molar-refractivity contribution in [3.63, 3.8) is 0 Å². The molecule has 1 rings (SSSR count). The Labute approximate surface area is 77.6 Å². The number of hydrogen-bond donors (Lipinski definition) is 1. The van der Waals surface area contributed by atoms with Crippen LogP contribution in [0.3, 0.4) is 0 Å². The molecule has 1 fully saturated rings. The number of ether oxygens (including phenoxy) is 1. The predicted molar refractivity (Wildman–Crippen MR) is 47.2 cm³/mol. The van der Waals surface area contributed by atoms with Gasteiger partial charge in [-0.3, -0.25) is 4.79 Å². The quantitative estimate of drug-likeness (QED) is 0.671. The number of esters is 1. The Bertz CT molecular complexity index is 175. The van der Waals surface area contributed by atoms with E-state index in [-0.39, 0.29) is 18.6 Å². The summed E-state index contributed by atoms with van der Waals surface area (Å²) in [4.78, 5) is 10.9. The summed E-state index contributed by atoms with van der Waals surface area (Å²) in [5.41, 5.74) is 0. The fraction of sp³-hybridized carbons (Fsp3) is 0.889. The Balaban J connectivity index is 2.14. The number of halogens is 1. The molecule has 0 saturated heterocycles. The van der Waals surface area contributed by atoms with E-state index in [1.807, 2.05) is 0 Å². The Kier molecular flexibility index (Phi) is 4.15. The molecule has 0 spiro atoms. The lowest BCUT2D eigenvalue weighted by molar-refractivity contribution is -0.142. The molecule has 0 bridgehead atoms. The first-order chi connectivity index (χ1) is 6.24. The van der Waals surface area contributed by atoms with Gasteiger partial charge in [0.05, 0.1) is 13.2 Å². The highest BCUT2D eigenvalue weighted by Crippen LogP contribution is 2.21. The van der Waals surface area contributed by atoms with Crippen molar-refractivity contribution in [2.75, 3.05) is 13.2 Å². The number of carbonyl (C=O) groups excluding carboxylic acids is 1. The number of alkyl halides is 1. The van der Waals surface area contributed by atoms with Gasteiger partial charge in [0.1, 0.15) is 6.17 Å². The topological polar surface area (TPSA) is 38.3 Å². The average Bonchev–Trinajstić information content (AvgIpc) is 2.48. The predicted octanol–water partition coefficient (Wildman–Crippen LogP) is 1.03. The van der Waals surface area contributed by atoms with Crippen LogP contribution < -0.4 is 5.32 Å². The highest BCUT2D eigenvalue weighted by molar-refractivity contribution is 5.71. The Morgan fingerprint density at radius 2 is 2.38 bits per heavy atom. The lowest BCUT2D eigenvalue weighted by atomic mass is 10.2. The molecule has 0 aromatic rings. The Hall–Kier alpha value is -0.640. The van der Waals surface area contributed by atoms with Gasteiger partial charge in [0.15, 0.2) is 0 Å². The molecule has 1 aliphatic rings. The maximum Gasteiger partial charge on any atom is 0.319 e. The van der Waals surface area contributed by atoms with Crippen LogP contribution in [-0.4, -0.2) is 31.3 Å². The zero-order chi connectivity index (χ0) is 9.68. The molecule has 0 unspecified atom stereocenters. The number of rotatable bonds is 4. The third-order valence-corrected chi connectivity index (χ3v) is 2.25. The average molecular weight is 189 g/mol. The summed E-state index contributed by atoms with van der Waals surface area (Å²) in [6.45, 7) is 2.26. The second kappa shape index (κ2) is 5.17. The molecule has 0 aliphatic heterocycles. The van der Waals surface area contributed by atoms with Gasteiger partial charge in [0.2, 0.25) is 0 Å². The summed E-state index contributed by atoms with van der Waals surface area (Å²) in [5.74, 6) is -0.304. The molecule has 1 aliphatic carbocycles. The second-order valence-electron chi connectivity index (χ2n) is 3.24. The molecule has 3 nitrogen and oxygen atoms in total. The van der Waals surface area contributed by atoms with Crippen LogP contribution in [0.1, 0.15) is 26.2 Å². The van der Waals surface area contributed by atoms with Crippen molar-refractivity contribution in [2.24, 2.45) is 0 Å². The first-order valence-electron chi connectivity index (χ1n) is 4.77. The normalized spacial score (nSPS) is 27.5. The summed E-state index contributed by atoms with van der Waals surface area (Å²) in [5, 5.41) is 2.87. The lowest BCUT2D eigenvalue weighted by Crippen LogP contribution is -2.37. The number of hydrogen-bond acceptors (Lipinski definition) is 3. The van der Waals surface area contributed by atoms with Gasteiger partial charge in [-0.15, -0.1) is 0 Å². The van der Waals surface area contributed by atoms with Crippen LogP contribution in [0.5, 0.6) is 0 Å². The largest absolute Gasteiger partial charge is 0.465 e. The summed E-state index contributed by atoms with van der Waals surface area (Å²) in [7, 11) is 0. The number of nitrogens with one attached hydrogen (secondary N) is 1. The maximum absolute atomic E-state index is 13.0. The van der Waals surface area contributed by atoms with E-state index in [4.69, 9.17) is 4.74 Å². The second-order valence-corrected chi connectivity index (χ2v) is 3.24. The van der Waals surface area contributed by atoms with E-state index in [0.717, 1.165) is 12.8 Å². The van der Waals surface area contributed by atoms with Crippen LogP contribution in [0.4, 0.5) is 4.39 Å². The zero-order valence-corrected chi connectivity index (χ0v) is 7.88. The molecule has 1 N–H and O–H groups in total. The van der Waals surface area contributed by atoms with E-state index in [1.165, 1.54) is 0 Å². The van der Waals surface area contributed by atoms with Gasteiger partial charge >= 0.3 is 5.97 Å². The van der Waals surface area contributed by atoms with Crippen LogP contribution >= 0.6 is 0 Å². The van der Waals surface area contributed by atoms with Gasteiger partial charge < -0.3 is 10.1 Å². The highest BCUT2D eigenvalue weighted by Gasteiger charge is 2.26. The van der Waals surface area contributed by atoms with E-state index >= 15 is 0 Å². The molecule has 13 heavy (non-hydrogen) atoms. The van der Waals surface area contributed by atoms with Crippen LogP contribution in [0.15, 0.2) is 0 Å². The standard InChI is InChI=1S/C9H16FNO2/c1-2-13-9(12)6-11-8-5-3-4-7(8)10/h7-8,11H,2-6H2,1H3/t7-,8-/m1/s1. The molecule has 0 heterocycles. The van der Waals surface area contributed by atoms with E-state index in [9.17, 15) is 9.18 Å². The highest BCUT2D eigenvalue weighted by atomic mass is 19.1. The van der Waals surface area contributed by atoms with Gasteiger partial charge in [-0.25, -0.2) is 4.39 Å². The third kappa shape index (κ3) is 3.30. The van der Waals surface area contributed by atoms with Gasteiger partial charge in [-0.1, -0.05) is 0 Å².